The highest BCUT2D eigenvalue weighted by Crippen LogP contribution is 2.34. The van der Waals surface area contributed by atoms with Crippen LogP contribution in [0, 0.1) is 21.0 Å². The smallest absolute Gasteiger partial charge is 0.186 e. The number of hydrogen-bond donors (Lipinski definition) is 2. The number of rotatable bonds is 6. The molecule has 0 aliphatic heterocycles. The van der Waals surface area contributed by atoms with E-state index in [9.17, 15) is 18.3 Å². The van der Waals surface area contributed by atoms with Crippen LogP contribution in [-0.2, 0) is 4.84 Å². The van der Waals surface area contributed by atoms with E-state index in [0.29, 0.717) is 8.63 Å². The Balaban J connectivity index is 2.48. The Labute approximate surface area is 154 Å². The summed E-state index contributed by atoms with van der Waals surface area (Å²) >= 11 is 7.41. The maximum absolute atomic E-state index is 14.2. The fourth-order valence-electron chi connectivity index (χ4n) is 1.80. The molecule has 2 N–H and O–H groups in total. The molecule has 0 heterocycles. The lowest BCUT2D eigenvalue weighted by Crippen LogP contribution is -2.28. The van der Waals surface area contributed by atoms with Gasteiger partial charge in [0.05, 0.1) is 11.6 Å². The number of nitrogens with zero attached hydrogens (tertiary/aromatic N) is 1. The van der Waals surface area contributed by atoms with Gasteiger partial charge in [0.25, 0.3) is 0 Å². The lowest BCUT2D eigenvalue weighted by Gasteiger charge is -2.26. The summed E-state index contributed by atoms with van der Waals surface area (Å²) in [4.78, 5) is 5.19. The van der Waals surface area contributed by atoms with E-state index in [1.807, 2.05) is 22.6 Å². The molecule has 2 aromatic carbocycles. The molecule has 0 aliphatic rings. The molecule has 24 heavy (non-hydrogen) atoms. The fourth-order valence-corrected chi connectivity index (χ4v) is 2.40. The fraction of sp³-hybridized carbons (Fsp3) is 0.200. The molecule has 0 saturated carbocycles. The van der Waals surface area contributed by atoms with E-state index >= 15 is 0 Å². The maximum Gasteiger partial charge on any atom is 0.186 e. The summed E-state index contributed by atoms with van der Waals surface area (Å²) < 4.78 is 42.7. The Morgan fingerprint density at radius 2 is 1.79 bits per heavy atom. The normalized spacial score (nSPS) is 12.3. The first-order chi connectivity index (χ1) is 11.3. The Hall–Kier alpha value is -1.07. The molecule has 0 aromatic heterocycles. The number of hydrogen-bond acceptors (Lipinski definition) is 4. The summed E-state index contributed by atoms with van der Waals surface area (Å²) in [6.45, 7) is -1.08. The van der Waals surface area contributed by atoms with Gasteiger partial charge in [-0.15, -0.1) is 0 Å². The van der Waals surface area contributed by atoms with Crippen LogP contribution in [0.4, 0.5) is 24.5 Å². The van der Waals surface area contributed by atoms with Gasteiger partial charge in [0.15, 0.2) is 11.6 Å². The third-order valence-electron chi connectivity index (χ3n) is 2.97. The Kier molecular flexibility index (Phi) is 6.70. The molecule has 0 spiro atoms. The molecule has 0 amide bonds. The third kappa shape index (κ3) is 4.31. The predicted octanol–water partition coefficient (Wildman–Crippen LogP) is 3.78. The zero-order valence-corrected chi connectivity index (χ0v) is 14.9. The molecule has 0 fully saturated rings. The second-order valence-corrected chi connectivity index (χ2v) is 6.37. The topological polar surface area (TPSA) is 52.9 Å². The molecular weight excluding hydrogens is 462 g/mol. The Morgan fingerprint density at radius 3 is 2.42 bits per heavy atom. The van der Waals surface area contributed by atoms with Crippen LogP contribution in [0.2, 0.25) is 5.02 Å². The molecule has 0 radical (unpaired) electrons. The van der Waals surface area contributed by atoms with Crippen LogP contribution in [0.5, 0.6) is 0 Å². The largest absolute Gasteiger partial charge is 0.394 e. The lowest BCUT2D eigenvalue weighted by molar-refractivity contribution is 0.00523. The maximum atomic E-state index is 14.2. The van der Waals surface area contributed by atoms with Crippen molar-refractivity contribution in [3.8, 4) is 0 Å². The zero-order valence-electron chi connectivity index (χ0n) is 12.0. The average Bonchev–Trinajstić information content (AvgIpc) is 2.55. The minimum Gasteiger partial charge on any atom is -0.394 e. The number of aliphatic hydroxyl groups is 2. The van der Waals surface area contributed by atoms with E-state index in [2.05, 4.69) is 0 Å². The highest BCUT2D eigenvalue weighted by atomic mass is 127. The van der Waals surface area contributed by atoms with Gasteiger partial charge >= 0.3 is 0 Å². The van der Waals surface area contributed by atoms with Crippen LogP contribution in [-0.4, -0.2) is 29.5 Å². The summed E-state index contributed by atoms with van der Waals surface area (Å²) in [7, 11) is 0. The monoisotopic (exact) mass is 473 g/mol. The van der Waals surface area contributed by atoms with E-state index in [1.54, 1.807) is 6.07 Å². The average molecular weight is 474 g/mol. The van der Waals surface area contributed by atoms with Crippen molar-refractivity contribution in [2.45, 2.75) is 6.10 Å². The first-order valence-corrected chi connectivity index (χ1v) is 8.11. The quantitative estimate of drug-likeness (QED) is 0.381. The van der Waals surface area contributed by atoms with Crippen molar-refractivity contribution in [1.82, 2.24) is 0 Å². The minimum absolute atomic E-state index is 0.193. The van der Waals surface area contributed by atoms with Crippen molar-refractivity contribution in [3.05, 3.63) is 56.4 Å². The molecule has 0 bridgehead atoms. The van der Waals surface area contributed by atoms with Crippen LogP contribution >= 0.6 is 34.2 Å². The minimum atomic E-state index is -1.33. The van der Waals surface area contributed by atoms with Gasteiger partial charge in [-0.25, -0.2) is 18.2 Å². The molecule has 0 unspecified atom stereocenters. The van der Waals surface area contributed by atoms with Crippen LogP contribution in [0.1, 0.15) is 0 Å². The van der Waals surface area contributed by atoms with Crippen molar-refractivity contribution >= 4 is 45.6 Å². The van der Waals surface area contributed by atoms with Gasteiger partial charge in [0.2, 0.25) is 0 Å². The van der Waals surface area contributed by atoms with E-state index in [1.165, 1.54) is 12.1 Å². The summed E-state index contributed by atoms with van der Waals surface area (Å²) in [6.07, 6.45) is -1.28. The number of benzene rings is 2. The highest BCUT2D eigenvalue weighted by Gasteiger charge is 2.23. The van der Waals surface area contributed by atoms with Crippen molar-refractivity contribution in [2.24, 2.45) is 0 Å². The summed E-state index contributed by atoms with van der Waals surface area (Å²) in [5.74, 6) is -3.38. The molecule has 9 heteroatoms. The van der Waals surface area contributed by atoms with Crippen molar-refractivity contribution < 1.29 is 28.2 Å². The second kappa shape index (κ2) is 8.34. The van der Waals surface area contributed by atoms with Gasteiger partial charge in [0, 0.05) is 3.57 Å². The molecular formula is C15H12ClF3INO3. The highest BCUT2D eigenvalue weighted by molar-refractivity contribution is 14.1. The van der Waals surface area contributed by atoms with Gasteiger partial charge in [-0.1, -0.05) is 11.6 Å². The van der Waals surface area contributed by atoms with E-state index in [-0.39, 0.29) is 5.69 Å². The van der Waals surface area contributed by atoms with Crippen LogP contribution in [0.25, 0.3) is 0 Å². The zero-order chi connectivity index (χ0) is 17.9. The van der Waals surface area contributed by atoms with Gasteiger partial charge in [-0.3, -0.25) is 4.84 Å². The molecule has 4 nitrogen and oxygen atoms in total. The van der Waals surface area contributed by atoms with Crippen molar-refractivity contribution in [3.63, 3.8) is 0 Å². The molecule has 2 rings (SSSR count). The first kappa shape index (κ1) is 19.3. The van der Waals surface area contributed by atoms with E-state index < -0.39 is 47.5 Å². The number of halogens is 5. The number of anilines is 2. The molecule has 2 aromatic rings. The summed E-state index contributed by atoms with van der Waals surface area (Å²) in [5, 5.41) is 18.5. The molecule has 0 aliphatic carbocycles. The van der Waals surface area contributed by atoms with Crippen LogP contribution in [0.3, 0.4) is 0 Å². The predicted molar refractivity (Wildman–Crippen MR) is 91.7 cm³/mol. The Bertz CT molecular complexity index is 735. The SMILES string of the molecule is OC[C@@H](O)CON(c1ccc(I)cc1F)c1ccc(Cl)c(F)c1F. The molecule has 1 atom stereocenters. The molecule has 130 valence electrons. The Morgan fingerprint density at radius 1 is 1.12 bits per heavy atom. The lowest BCUT2D eigenvalue weighted by atomic mass is 10.2. The van der Waals surface area contributed by atoms with E-state index in [0.717, 1.165) is 12.1 Å². The van der Waals surface area contributed by atoms with Crippen LogP contribution < -0.4 is 5.06 Å². The second-order valence-electron chi connectivity index (χ2n) is 4.72. The summed E-state index contributed by atoms with van der Waals surface area (Å²) in [6, 6.07) is 6.25. The standard InChI is InChI=1S/C15H12ClF3INO3/c16-10-2-4-13(15(19)14(10)18)21(24-7-9(23)6-22)12-3-1-8(20)5-11(12)17/h1-5,9,22-23H,6-7H2/t9-/m1/s1. The summed E-state index contributed by atoms with van der Waals surface area (Å²) in [5.41, 5.74) is -0.622. The van der Waals surface area contributed by atoms with Crippen molar-refractivity contribution in [2.75, 3.05) is 18.3 Å². The van der Waals surface area contributed by atoms with Crippen molar-refractivity contribution in [1.29, 1.82) is 0 Å². The van der Waals surface area contributed by atoms with Crippen LogP contribution in [0.15, 0.2) is 30.3 Å². The van der Waals surface area contributed by atoms with Gasteiger partial charge in [-0.2, -0.15) is 0 Å². The van der Waals surface area contributed by atoms with Gasteiger partial charge < -0.3 is 10.2 Å². The van der Waals surface area contributed by atoms with Gasteiger partial charge in [-0.05, 0) is 52.9 Å². The number of aliphatic hydroxyl groups excluding tert-OH is 2. The molecule has 0 saturated heterocycles. The van der Waals surface area contributed by atoms with Gasteiger partial charge in [0.1, 0.15) is 29.9 Å². The third-order valence-corrected chi connectivity index (χ3v) is 3.93. The first-order valence-electron chi connectivity index (χ1n) is 6.65. The van der Waals surface area contributed by atoms with E-state index in [4.69, 9.17) is 21.5 Å².